The van der Waals surface area contributed by atoms with Crippen LogP contribution < -0.4 is 10.6 Å². The zero-order valence-corrected chi connectivity index (χ0v) is 16.2. The number of carbonyl (C=O) groups is 2. The first kappa shape index (κ1) is 18.1. The highest BCUT2D eigenvalue weighted by atomic mass is 127. The predicted molar refractivity (Wildman–Crippen MR) is 110 cm³/mol. The van der Waals surface area contributed by atoms with Gasteiger partial charge in [-0.25, -0.2) is 4.98 Å². The molecule has 0 aliphatic heterocycles. The number of rotatable bonds is 4. The Morgan fingerprint density at radius 2 is 1.62 bits per heavy atom. The second kappa shape index (κ2) is 8.09. The van der Waals surface area contributed by atoms with E-state index >= 15 is 0 Å². The molecule has 0 fully saturated rings. The lowest BCUT2D eigenvalue weighted by atomic mass is 10.1. The Morgan fingerprint density at radius 1 is 0.885 bits per heavy atom. The Balaban J connectivity index is 1.87. The fraction of sp³-hybridized carbons (Fsp3) is 0.0500. The van der Waals surface area contributed by atoms with Crippen molar-refractivity contribution in [1.82, 2.24) is 4.98 Å². The quantitative estimate of drug-likeness (QED) is 0.567. The number of nitrogens with zero attached hydrogens (tertiary/aromatic N) is 1. The van der Waals surface area contributed by atoms with E-state index in [-0.39, 0.29) is 11.8 Å². The van der Waals surface area contributed by atoms with Crippen molar-refractivity contribution >= 4 is 45.9 Å². The third-order valence-electron chi connectivity index (χ3n) is 3.77. The van der Waals surface area contributed by atoms with E-state index in [0.717, 1.165) is 9.13 Å². The van der Waals surface area contributed by atoms with Crippen LogP contribution in [0, 0.1) is 10.5 Å². The molecule has 26 heavy (non-hydrogen) atoms. The van der Waals surface area contributed by atoms with Crippen molar-refractivity contribution in [1.29, 1.82) is 0 Å². The molecular weight excluding hydrogens is 441 g/mol. The Morgan fingerprint density at radius 3 is 2.35 bits per heavy atom. The minimum absolute atomic E-state index is 0.254. The van der Waals surface area contributed by atoms with Gasteiger partial charge in [0.15, 0.2) is 0 Å². The zero-order valence-electron chi connectivity index (χ0n) is 14.0. The van der Waals surface area contributed by atoms with Gasteiger partial charge in [-0.2, -0.15) is 0 Å². The van der Waals surface area contributed by atoms with Gasteiger partial charge in [0.1, 0.15) is 5.82 Å². The molecule has 5 nitrogen and oxygen atoms in total. The normalized spacial score (nSPS) is 10.2. The fourth-order valence-corrected chi connectivity index (χ4v) is 2.94. The first-order valence-electron chi connectivity index (χ1n) is 7.93. The van der Waals surface area contributed by atoms with Crippen molar-refractivity contribution in [3.05, 3.63) is 87.1 Å². The van der Waals surface area contributed by atoms with Crippen LogP contribution >= 0.6 is 22.6 Å². The summed E-state index contributed by atoms with van der Waals surface area (Å²) in [6, 6.07) is 17.9. The molecule has 2 N–H and O–H groups in total. The highest BCUT2D eigenvalue weighted by Crippen LogP contribution is 2.21. The maximum Gasteiger partial charge on any atom is 0.258 e. The van der Waals surface area contributed by atoms with Crippen molar-refractivity contribution in [2.24, 2.45) is 0 Å². The molecule has 0 saturated carbocycles. The maximum absolute atomic E-state index is 12.7. The molecular formula is C20H16IN3O2. The van der Waals surface area contributed by atoms with E-state index in [1.54, 1.807) is 42.6 Å². The summed E-state index contributed by atoms with van der Waals surface area (Å²) >= 11 is 2.13. The minimum Gasteiger partial charge on any atom is -0.321 e. The summed E-state index contributed by atoms with van der Waals surface area (Å²) in [5.74, 6) is -0.133. The number of hydrogen-bond acceptors (Lipinski definition) is 3. The fourth-order valence-electron chi connectivity index (χ4n) is 2.45. The molecule has 0 unspecified atom stereocenters. The number of aromatic nitrogens is 1. The Kier molecular flexibility index (Phi) is 5.62. The summed E-state index contributed by atoms with van der Waals surface area (Å²) in [6.07, 6.45) is 1.60. The lowest BCUT2D eigenvalue weighted by Crippen LogP contribution is -2.19. The highest BCUT2D eigenvalue weighted by Gasteiger charge is 2.16. The molecule has 1 heterocycles. The van der Waals surface area contributed by atoms with Gasteiger partial charge in [0, 0.05) is 15.3 Å². The van der Waals surface area contributed by atoms with Crippen molar-refractivity contribution in [2.45, 2.75) is 6.92 Å². The third-order valence-corrected chi connectivity index (χ3v) is 4.44. The van der Waals surface area contributed by atoms with Gasteiger partial charge in [-0.1, -0.05) is 24.3 Å². The van der Waals surface area contributed by atoms with E-state index in [0.29, 0.717) is 22.6 Å². The lowest BCUT2D eigenvalue weighted by Gasteiger charge is -2.13. The van der Waals surface area contributed by atoms with Crippen LogP contribution in [0.25, 0.3) is 0 Å². The van der Waals surface area contributed by atoms with E-state index in [2.05, 4.69) is 38.2 Å². The molecule has 6 heteroatoms. The minimum atomic E-state index is -0.331. The first-order valence-corrected chi connectivity index (χ1v) is 9.01. The number of anilines is 2. The molecule has 0 radical (unpaired) electrons. The number of benzene rings is 2. The summed E-state index contributed by atoms with van der Waals surface area (Å²) in [5, 5.41) is 5.58. The Labute approximate surface area is 165 Å². The molecule has 130 valence electrons. The number of halogens is 1. The molecule has 1 aromatic heterocycles. The third kappa shape index (κ3) is 4.26. The van der Waals surface area contributed by atoms with Crippen LogP contribution in [0.5, 0.6) is 0 Å². The lowest BCUT2D eigenvalue weighted by molar-refractivity contribution is 0.102. The Hall–Kier alpha value is -2.74. The molecule has 0 aliphatic rings. The number of amides is 2. The average Bonchev–Trinajstić information content (AvgIpc) is 2.64. The standard InChI is InChI=1S/C20H16IN3O2/c1-13-6-2-3-7-15(13)19(25)23-17-10-9-14(21)12-16(17)20(26)24-18-8-4-5-11-22-18/h2-12H,1H3,(H,23,25)(H,22,24,26). The van der Waals surface area contributed by atoms with E-state index in [1.807, 2.05) is 31.2 Å². The van der Waals surface area contributed by atoms with E-state index in [9.17, 15) is 9.59 Å². The molecule has 0 atom stereocenters. The van der Waals surface area contributed by atoms with Crippen LogP contribution in [0.3, 0.4) is 0 Å². The average molecular weight is 457 g/mol. The molecule has 0 bridgehead atoms. The summed E-state index contributed by atoms with van der Waals surface area (Å²) in [4.78, 5) is 29.4. The van der Waals surface area contributed by atoms with Crippen LogP contribution in [-0.2, 0) is 0 Å². The zero-order chi connectivity index (χ0) is 18.5. The van der Waals surface area contributed by atoms with Crippen LogP contribution in [0.2, 0.25) is 0 Å². The van der Waals surface area contributed by atoms with Gasteiger partial charge in [0.25, 0.3) is 11.8 Å². The smallest absolute Gasteiger partial charge is 0.258 e. The topological polar surface area (TPSA) is 71.1 Å². The molecule has 3 aromatic rings. The SMILES string of the molecule is Cc1ccccc1C(=O)Nc1ccc(I)cc1C(=O)Nc1ccccn1. The number of nitrogens with one attached hydrogen (secondary N) is 2. The Bertz CT molecular complexity index is 958. The maximum atomic E-state index is 12.7. The second-order valence-electron chi connectivity index (χ2n) is 5.63. The molecule has 0 saturated heterocycles. The van der Waals surface area contributed by atoms with Gasteiger partial charge < -0.3 is 10.6 Å². The number of hydrogen-bond donors (Lipinski definition) is 2. The number of pyridine rings is 1. The van der Waals surface area contributed by atoms with Gasteiger partial charge >= 0.3 is 0 Å². The molecule has 0 aliphatic carbocycles. The monoisotopic (exact) mass is 457 g/mol. The summed E-state index contributed by atoms with van der Waals surface area (Å²) < 4.78 is 0.891. The predicted octanol–water partition coefficient (Wildman–Crippen LogP) is 4.50. The number of aryl methyl sites for hydroxylation is 1. The van der Waals surface area contributed by atoms with Gasteiger partial charge in [-0.05, 0) is 71.5 Å². The van der Waals surface area contributed by atoms with Crippen LogP contribution in [0.15, 0.2) is 66.9 Å². The van der Waals surface area contributed by atoms with E-state index in [4.69, 9.17) is 0 Å². The molecule has 0 spiro atoms. The second-order valence-corrected chi connectivity index (χ2v) is 6.87. The van der Waals surface area contributed by atoms with Crippen LogP contribution in [-0.4, -0.2) is 16.8 Å². The van der Waals surface area contributed by atoms with E-state index < -0.39 is 0 Å². The summed E-state index contributed by atoms with van der Waals surface area (Å²) in [7, 11) is 0. The van der Waals surface area contributed by atoms with Gasteiger partial charge in [0.05, 0.1) is 11.3 Å². The van der Waals surface area contributed by atoms with Crippen molar-refractivity contribution in [3.63, 3.8) is 0 Å². The summed E-state index contributed by atoms with van der Waals surface area (Å²) in [6.45, 7) is 1.87. The number of carbonyl (C=O) groups excluding carboxylic acids is 2. The highest BCUT2D eigenvalue weighted by molar-refractivity contribution is 14.1. The van der Waals surface area contributed by atoms with Crippen LogP contribution in [0.1, 0.15) is 26.3 Å². The van der Waals surface area contributed by atoms with Gasteiger partial charge in [-0.15, -0.1) is 0 Å². The summed E-state index contributed by atoms with van der Waals surface area (Å²) in [5.41, 5.74) is 2.27. The molecule has 3 rings (SSSR count). The van der Waals surface area contributed by atoms with Gasteiger partial charge in [-0.3, -0.25) is 9.59 Å². The van der Waals surface area contributed by atoms with Crippen molar-refractivity contribution in [3.8, 4) is 0 Å². The van der Waals surface area contributed by atoms with Crippen LogP contribution in [0.4, 0.5) is 11.5 Å². The van der Waals surface area contributed by atoms with Crippen molar-refractivity contribution < 1.29 is 9.59 Å². The van der Waals surface area contributed by atoms with Gasteiger partial charge in [0.2, 0.25) is 0 Å². The largest absolute Gasteiger partial charge is 0.321 e. The molecule has 2 aromatic carbocycles. The van der Waals surface area contributed by atoms with Crippen molar-refractivity contribution in [2.75, 3.05) is 10.6 Å². The van der Waals surface area contributed by atoms with E-state index in [1.165, 1.54) is 0 Å². The molecule has 2 amide bonds. The first-order chi connectivity index (χ1) is 12.5.